The molecule has 3 aliphatic heterocycles. The monoisotopic (exact) mass is 590 g/mol. The third-order valence-corrected chi connectivity index (χ3v) is 9.26. The van der Waals surface area contributed by atoms with E-state index in [2.05, 4.69) is 5.32 Å². The fraction of sp³-hybridized carbons (Fsp3) is 0.171. The van der Waals surface area contributed by atoms with Crippen molar-refractivity contribution in [1.82, 2.24) is 4.90 Å². The number of nitrogens with one attached hydrogen (secondary N) is 1. The average molecular weight is 591 g/mol. The molecule has 0 saturated carbocycles. The zero-order valence-corrected chi connectivity index (χ0v) is 24.2. The van der Waals surface area contributed by atoms with E-state index in [0.717, 1.165) is 11.1 Å². The summed E-state index contributed by atoms with van der Waals surface area (Å²) in [5, 5.41) is 3.31. The summed E-state index contributed by atoms with van der Waals surface area (Å²) in [6.45, 7) is 0. The highest BCUT2D eigenvalue weighted by molar-refractivity contribution is 6.34. The molecule has 1 N–H and O–H groups in total. The Kier molecular flexibility index (Phi) is 6.36. The van der Waals surface area contributed by atoms with Crippen LogP contribution in [0.2, 0.25) is 5.02 Å². The van der Waals surface area contributed by atoms with E-state index in [1.807, 2.05) is 65.7 Å². The van der Waals surface area contributed by atoms with E-state index in [1.54, 1.807) is 42.5 Å². The number of carbonyl (C=O) groups is 3. The molecule has 3 aliphatic rings. The molecular formula is C35H27ClN2O5. The average Bonchev–Trinajstić information content (AvgIpc) is 3.52. The number of rotatable bonds is 6. The number of fused-ring (bicyclic) bond motifs is 6. The largest absolute Gasteiger partial charge is 0.493 e. The van der Waals surface area contributed by atoms with Crippen LogP contribution in [0, 0.1) is 5.92 Å². The summed E-state index contributed by atoms with van der Waals surface area (Å²) in [6.07, 6.45) is 3.77. The number of hydrogen-bond donors (Lipinski definition) is 1. The van der Waals surface area contributed by atoms with Gasteiger partial charge in [0.2, 0.25) is 5.91 Å². The smallest absolute Gasteiger partial charge is 0.238 e. The Morgan fingerprint density at radius 2 is 1.58 bits per heavy atom. The molecule has 0 aromatic heterocycles. The molecule has 0 unspecified atom stereocenters. The molecule has 1 fully saturated rings. The first-order valence-electron chi connectivity index (χ1n) is 13.9. The van der Waals surface area contributed by atoms with Gasteiger partial charge >= 0.3 is 0 Å². The number of para-hydroxylation sites is 1. The van der Waals surface area contributed by atoms with E-state index in [0.29, 0.717) is 28.3 Å². The van der Waals surface area contributed by atoms with Gasteiger partial charge in [-0.2, -0.15) is 0 Å². The number of hydrogen-bond acceptors (Lipinski definition) is 6. The molecule has 0 bridgehead atoms. The van der Waals surface area contributed by atoms with Crippen LogP contribution in [0.1, 0.15) is 43.4 Å². The number of Topliss-reactive ketones (excluding diaryl/α,β-unsaturated/α-hetero) is 2. The van der Waals surface area contributed by atoms with E-state index in [1.165, 1.54) is 14.2 Å². The van der Waals surface area contributed by atoms with Crippen LogP contribution in [0.3, 0.4) is 0 Å². The number of amides is 1. The minimum absolute atomic E-state index is 0.257. The lowest BCUT2D eigenvalue weighted by molar-refractivity contribution is -0.122. The SMILES string of the molecule is COc1ccc(C(=O)[C@@H]2[C@H](C(=O)c3ccccc3Cl)[C@@]3(C(=O)Nc4ccccc43)[C@H]3c4ccccc4C=CN23)cc1OC. The highest BCUT2D eigenvalue weighted by Gasteiger charge is 2.70. The summed E-state index contributed by atoms with van der Waals surface area (Å²) in [6, 6.07) is 25.2. The lowest BCUT2D eigenvalue weighted by Crippen LogP contribution is -2.49. The van der Waals surface area contributed by atoms with Gasteiger partial charge in [0, 0.05) is 23.0 Å². The maximum atomic E-state index is 14.9. The molecule has 3 heterocycles. The van der Waals surface area contributed by atoms with Gasteiger partial charge in [-0.25, -0.2) is 0 Å². The van der Waals surface area contributed by atoms with Gasteiger partial charge in [-0.05, 0) is 59.2 Å². The van der Waals surface area contributed by atoms with Crippen LogP contribution in [-0.4, -0.2) is 42.6 Å². The van der Waals surface area contributed by atoms with Gasteiger partial charge in [0.1, 0.15) is 11.5 Å². The van der Waals surface area contributed by atoms with Crippen LogP contribution in [0.25, 0.3) is 6.08 Å². The molecule has 43 heavy (non-hydrogen) atoms. The predicted molar refractivity (Wildman–Crippen MR) is 164 cm³/mol. The summed E-state index contributed by atoms with van der Waals surface area (Å²) in [4.78, 5) is 46.1. The molecule has 4 aromatic rings. The van der Waals surface area contributed by atoms with E-state index >= 15 is 0 Å². The first-order valence-corrected chi connectivity index (χ1v) is 14.3. The molecule has 0 radical (unpaired) electrons. The number of benzene rings is 4. The lowest BCUT2D eigenvalue weighted by atomic mass is 9.62. The van der Waals surface area contributed by atoms with Gasteiger partial charge in [-0.1, -0.05) is 66.2 Å². The van der Waals surface area contributed by atoms with Crippen LogP contribution in [0.15, 0.2) is 97.2 Å². The Bertz CT molecular complexity index is 1850. The van der Waals surface area contributed by atoms with Gasteiger partial charge in [0.15, 0.2) is 23.1 Å². The van der Waals surface area contributed by atoms with Crippen molar-refractivity contribution in [3.63, 3.8) is 0 Å². The Morgan fingerprint density at radius 1 is 0.860 bits per heavy atom. The molecule has 4 aromatic carbocycles. The Labute approximate surface area is 253 Å². The minimum atomic E-state index is -1.44. The van der Waals surface area contributed by atoms with Gasteiger partial charge < -0.3 is 19.7 Å². The fourth-order valence-corrected chi connectivity index (χ4v) is 7.39. The van der Waals surface area contributed by atoms with Crippen LogP contribution in [0.5, 0.6) is 11.5 Å². The summed E-state index contributed by atoms with van der Waals surface area (Å²) < 4.78 is 10.9. The summed E-state index contributed by atoms with van der Waals surface area (Å²) in [5.41, 5.74) is 2.22. The number of ether oxygens (including phenoxy) is 2. The first-order chi connectivity index (χ1) is 20.9. The van der Waals surface area contributed by atoms with Crippen molar-refractivity contribution in [2.24, 2.45) is 5.92 Å². The topological polar surface area (TPSA) is 84.9 Å². The van der Waals surface area contributed by atoms with Crippen molar-refractivity contribution in [1.29, 1.82) is 0 Å². The molecule has 1 amide bonds. The van der Waals surface area contributed by atoms with E-state index in [9.17, 15) is 14.4 Å². The van der Waals surface area contributed by atoms with E-state index < -0.39 is 23.4 Å². The molecule has 8 heteroatoms. The molecule has 7 rings (SSSR count). The zero-order valence-electron chi connectivity index (χ0n) is 23.4. The first kappa shape index (κ1) is 27.0. The third kappa shape index (κ3) is 3.78. The maximum Gasteiger partial charge on any atom is 0.238 e. The number of ketones is 2. The van der Waals surface area contributed by atoms with Crippen molar-refractivity contribution in [3.05, 3.63) is 130 Å². The number of nitrogens with zero attached hydrogens (tertiary/aromatic N) is 1. The Morgan fingerprint density at radius 3 is 2.37 bits per heavy atom. The molecule has 214 valence electrons. The van der Waals surface area contributed by atoms with Crippen molar-refractivity contribution in [2.75, 3.05) is 19.5 Å². The lowest BCUT2D eigenvalue weighted by Gasteiger charge is -2.38. The van der Waals surface area contributed by atoms with Crippen molar-refractivity contribution in [2.45, 2.75) is 17.5 Å². The van der Waals surface area contributed by atoms with E-state index in [-0.39, 0.29) is 28.1 Å². The normalized spacial score (nSPS) is 22.9. The molecule has 7 nitrogen and oxygen atoms in total. The summed E-state index contributed by atoms with van der Waals surface area (Å²) >= 11 is 6.62. The summed E-state index contributed by atoms with van der Waals surface area (Å²) in [7, 11) is 3.02. The molecule has 1 saturated heterocycles. The maximum absolute atomic E-state index is 14.9. The minimum Gasteiger partial charge on any atom is -0.493 e. The zero-order chi connectivity index (χ0) is 29.9. The van der Waals surface area contributed by atoms with Crippen molar-refractivity contribution < 1.29 is 23.9 Å². The van der Waals surface area contributed by atoms with Crippen LogP contribution in [-0.2, 0) is 10.2 Å². The second-order valence-electron chi connectivity index (χ2n) is 10.9. The van der Waals surface area contributed by atoms with Crippen molar-refractivity contribution >= 4 is 40.8 Å². The molecule has 0 aliphatic carbocycles. The van der Waals surface area contributed by atoms with Gasteiger partial charge in [0.25, 0.3) is 0 Å². The number of carbonyl (C=O) groups excluding carboxylic acids is 3. The third-order valence-electron chi connectivity index (χ3n) is 8.93. The van der Waals surface area contributed by atoms with Crippen LogP contribution >= 0.6 is 11.6 Å². The van der Waals surface area contributed by atoms with Crippen LogP contribution < -0.4 is 14.8 Å². The predicted octanol–water partition coefficient (Wildman–Crippen LogP) is 6.34. The number of anilines is 1. The molecule has 4 atom stereocenters. The second-order valence-corrected chi connectivity index (χ2v) is 11.3. The second kappa shape index (κ2) is 10.1. The standard InChI is InChI=1S/C35H27ClN2O5/c1-42-27-16-15-21(19-28(27)43-2)31(39)30-29(32(40)23-11-5-7-13-25(23)36)35(24-12-6-8-14-26(24)37-34(35)41)33-22-10-4-3-9-20(22)17-18-38(30)33/h3-19,29-30,33H,1-2H3,(H,37,41)/t29-,30+,33-,35-/m1/s1. The highest BCUT2D eigenvalue weighted by Crippen LogP contribution is 2.62. The van der Waals surface area contributed by atoms with Gasteiger partial charge in [-0.15, -0.1) is 0 Å². The van der Waals surface area contributed by atoms with Crippen molar-refractivity contribution in [3.8, 4) is 11.5 Å². The van der Waals surface area contributed by atoms with E-state index in [4.69, 9.17) is 21.1 Å². The molecule has 1 spiro atoms. The summed E-state index contributed by atoms with van der Waals surface area (Å²) in [5.74, 6) is -1.31. The Balaban J connectivity index is 1.53. The molecular weight excluding hydrogens is 564 g/mol. The highest BCUT2D eigenvalue weighted by atomic mass is 35.5. The van der Waals surface area contributed by atoms with Gasteiger partial charge in [-0.3, -0.25) is 14.4 Å². The van der Waals surface area contributed by atoms with Gasteiger partial charge in [0.05, 0.1) is 31.2 Å². The van der Waals surface area contributed by atoms with Crippen LogP contribution in [0.4, 0.5) is 5.69 Å². The number of methoxy groups -OCH3 is 2. The number of halogens is 1. The quantitative estimate of drug-likeness (QED) is 0.264. The Hall–Kier alpha value is -4.88. The fourth-order valence-electron chi connectivity index (χ4n) is 7.16.